The number of rotatable bonds is 6. The molecule has 6 rings (SSSR count). The number of carbonyl (C=O) groups is 3. The fourth-order valence-corrected chi connectivity index (χ4v) is 7.13. The van der Waals surface area contributed by atoms with Gasteiger partial charge in [-0.05, 0) is 55.7 Å². The van der Waals surface area contributed by atoms with Crippen molar-refractivity contribution in [2.75, 3.05) is 42.8 Å². The largest absolute Gasteiger partial charge is 0.416 e. The van der Waals surface area contributed by atoms with E-state index in [4.69, 9.17) is 9.84 Å². The first-order valence-corrected chi connectivity index (χ1v) is 15.9. The summed E-state index contributed by atoms with van der Waals surface area (Å²) in [7, 11) is 0. The summed E-state index contributed by atoms with van der Waals surface area (Å²) >= 11 is 1.60. The molecule has 2 atom stereocenters. The molecule has 4 heterocycles. The second-order valence-electron chi connectivity index (χ2n) is 11.1. The van der Waals surface area contributed by atoms with Gasteiger partial charge in [0, 0.05) is 49.1 Å². The van der Waals surface area contributed by atoms with E-state index in [1.165, 1.54) is 35.2 Å². The number of likely N-dealkylation sites (N-methyl/N-ethyl adjacent to an activating group) is 1. The molecular weight excluding hydrogens is 614 g/mol. The number of carbonyl (C=O) groups excluding carboxylic acids is 3. The molecule has 2 unspecified atom stereocenters. The van der Waals surface area contributed by atoms with E-state index in [2.05, 4.69) is 5.32 Å². The number of aromatic nitrogens is 2. The first-order valence-electron chi connectivity index (χ1n) is 14.7. The van der Waals surface area contributed by atoms with Gasteiger partial charge in [-0.25, -0.2) is 9.07 Å². The van der Waals surface area contributed by atoms with Crippen LogP contribution in [0.4, 0.5) is 23.4 Å². The van der Waals surface area contributed by atoms with E-state index in [1.807, 2.05) is 0 Å². The Balaban J connectivity index is 1.52. The molecule has 3 aromatic rings. The van der Waals surface area contributed by atoms with Crippen LogP contribution in [0, 0.1) is 5.82 Å². The lowest BCUT2D eigenvalue weighted by Gasteiger charge is -2.39. The van der Waals surface area contributed by atoms with Crippen LogP contribution in [-0.4, -0.2) is 76.4 Å². The summed E-state index contributed by atoms with van der Waals surface area (Å²) in [6.07, 6.45) is -3.47. The molecule has 45 heavy (non-hydrogen) atoms. The lowest BCUT2D eigenvalue weighted by Crippen LogP contribution is -2.56. The van der Waals surface area contributed by atoms with E-state index >= 15 is 0 Å². The molecule has 9 nitrogen and oxygen atoms in total. The molecule has 1 N–H and O–H groups in total. The van der Waals surface area contributed by atoms with E-state index in [9.17, 15) is 31.9 Å². The number of fused-ring (bicyclic) bond motifs is 1. The van der Waals surface area contributed by atoms with Crippen LogP contribution in [-0.2, 0) is 15.7 Å². The van der Waals surface area contributed by atoms with Gasteiger partial charge in [-0.15, -0.1) is 11.8 Å². The lowest BCUT2D eigenvalue weighted by molar-refractivity contribution is -0.137. The van der Waals surface area contributed by atoms with Gasteiger partial charge in [-0.3, -0.25) is 19.3 Å². The van der Waals surface area contributed by atoms with E-state index < -0.39 is 41.3 Å². The number of halogens is 4. The molecule has 2 aromatic carbocycles. The van der Waals surface area contributed by atoms with Crippen molar-refractivity contribution in [3.8, 4) is 0 Å². The molecule has 0 radical (unpaired) electrons. The van der Waals surface area contributed by atoms with Crippen LogP contribution in [0.5, 0.6) is 0 Å². The van der Waals surface area contributed by atoms with Crippen LogP contribution < -0.4 is 10.2 Å². The molecule has 238 valence electrons. The highest BCUT2D eigenvalue weighted by molar-refractivity contribution is 7.99. The number of amides is 3. The molecule has 3 aliphatic heterocycles. The SMILES string of the molecule is CCN1C(=O)C(NC(=O)c2cccc(C(F)(F)F)c2)C(c2ccc(F)cc2)c2c(C(=O)N3CCSC3)nn(C3CCOCC3)c21. The van der Waals surface area contributed by atoms with Crippen LogP contribution in [0.1, 0.15) is 69.3 Å². The Labute approximate surface area is 260 Å². The number of benzene rings is 2. The molecule has 0 spiro atoms. The van der Waals surface area contributed by atoms with Crippen molar-refractivity contribution in [2.45, 2.75) is 43.9 Å². The number of thioether (sulfide) groups is 1. The van der Waals surface area contributed by atoms with E-state index in [0.29, 0.717) is 55.4 Å². The minimum atomic E-state index is -4.68. The predicted octanol–water partition coefficient (Wildman–Crippen LogP) is 4.84. The molecule has 1 aromatic heterocycles. The maximum Gasteiger partial charge on any atom is 0.416 e. The minimum absolute atomic E-state index is 0.123. The smallest absolute Gasteiger partial charge is 0.381 e. The van der Waals surface area contributed by atoms with Crippen LogP contribution >= 0.6 is 11.8 Å². The van der Waals surface area contributed by atoms with Crippen LogP contribution in [0.3, 0.4) is 0 Å². The second kappa shape index (κ2) is 12.5. The summed E-state index contributed by atoms with van der Waals surface area (Å²) in [6.45, 7) is 3.38. The average molecular weight is 646 g/mol. The van der Waals surface area contributed by atoms with Crippen molar-refractivity contribution in [2.24, 2.45) is 0 Å². The van der Waals surface area contributed by atoms with Gasteiger partial charge < -0.3 is 15.0 Å². The number of anilines is 1. The third-order valence-corrected chi connectivity index (χ3v) is 9.38. The first-order chi connectivity index (χ1) is 21.6. The molecule has 3 aliphatic rings. The molecular formula is C31H31F4N5O4S. The molecule has 0 aliphatic carbocycles. The third kappa shape index (κ3) is 5.92. The topological polar surface area (TPSA) is 96.8 Å². The summed E-state index contributed by atoms with van der Waals surface area (Å²) < 4.78 is 61.8. The zero-order valence-electron chi connectivity index (χ0n) is 24.3. The summed E-state index contributed by atoms with van der Waals surface area (Å²) in [4.78, 5) is 45.1. The number of hydrogen-bond acceptors (Lipinski definition) is 6. The number of hydrogen-bond donors (Lipinski definition) is 1. The van der Waals surface area contributed by atoms with Gasteiger partial charge in [0.25, 0.3) is 17.7 Å². The summed E-state index contributed by atoms with van der Waals surface area (Å²) in [5, 5.41) is 7.53. The highest BCUT2D eigenvalue weighted by Crippen LogP contribution is 2.45. The van der Waals surface area contributed by atoms with Crippen molar-refractivity contribution < 1.29 is 36.7 Å². The van der Waals surface area contributed by atoms with Crippen LogP contribution in [0.25, 0.3) is 0 Å². The molecule has 0 saturated carbocycles. The summed E-state index contributed by atoms with van der Waals surface area (Å²) in [5.41, 5.74) is -0.324. The lowest BCUT2D eigenvalue weighted by atomic mass is 9.80. The quantitative estimate of drug-likeness (QED) is 0.386. The predicted molar refractivity (Wildman–Crippen MR) is 159 cm³/mol. The number of alkyl halides is 3. The summed E-state index contributed by atoms with van der Waals surface area (Å²) in [6, 6.07) is 7.83. The van der Waals surface area contributed by atoms with Crippen molar-refractivity contribution in [1.29, 1.82) is 0 Å². The molecule has 0 bridgehead atoms. The molecule has 14 heteroatoms. The zero-order valence-corrected chi connectivity index (χ0v) is 25.2. The van der Waals surface area contributed by atoms with Gasteiger partial charge in [0.2, 0.25) is 0 Å². The first kappa shape index (κ1) is 31.1. The average Bonchev–Trinajstić information content (AvgIpc) is 3.71. The zero-order chi connectivity index (χ0) is 31.9. The van der Waals surface area contributed by atoms with E-state index in [-0.39, 0.29) is 29.8 Å². The second-order valence-corrected chi connectivity index (χ2v) is 12.2. The van der Waals surface area contributed by atoms with Gasteiger partial charge in [0.15, 0.2) is 5.69 Å². The van der Waals surface area contributed by atoms with E-state index in [1.54, 1.807) is 28.3 Å². The summed E-state index contributed by atoms with van der Waals surface area (Å²) in [5.74, 6) is -1.63. The Kier molecular flexibility index (Phi) is 8.61. The fraction of sp³-hybridized carbons (Fsp3) is 0.419. The van der Waals surface area contributed by atoms with Gasteiger partial charge in [-0.2, -0.15) is 18.3 Å². The highest BCUT2D eigenvalue weighted by Gasteiger charge is 2.48. The van der Waals surface area contributed by atoms with Crippen molar-refractivity contribution in [1.82, 2.24) is 20.0 Å². The highest BCUT2D eigenvalue weighted by atomic mass is 32.2. The van der Waals surface area contributed by atoms with Crippen molar-refractivity contribution in [3.63, 3.8) is 0 Å². The molecule has 2 saturated heterocycles. The third-order valence-electron chi connectivity index (χ3n) is 8.42. The Morgan fingerprint density at radius 1 is 1.11 bits per heavy atom. The fourth-order valence-electron chi connectivity index (χ4n) is 6.18. The Hall–Kier alpha value is -3.91. The molecule has 3 amide bonds. The van der Waals surface area contributed by atoms with Crippen LogP contribution in [0.2, 0.25) is 0 Å². The number of nitrogens with one attached hydrogen (secondary N) is 1. The maximum absolute atomic E-state index is 14.3. The molecule has 2 fully saturated rings. The standard InChI is InChI=1S/C31H31F4N5O4S/c1-2-39-28-24(26(29(42)38-12-15-45-17-38)37-40(28)22-10-13-44-14-11-22)23(18-6-8-21(32)9-7-18)25(30(39)43)36-27(41)19-4-3-5-20(16-19)31(33,34)35/h3-9,16,22-23,25H,2,10-15,17H2,1H3,(H,36,41). The minimum Gasteiger partial charge on any atom is -0.381 e. The van der Waals surface area contributed by atoms with E-state index in [0.717, 1.165) is 24.0 Å². The van der Waals surface area contributed by atoms with Gasteiger partial charge in [0.1, 0.15) is 17.7 Å². The van der Waals surface area contributed by atoms with Gasteiger partial charge >= 0.3 is 6.18 Å². The normalized spacial score (nSPS) is 20.8. The Morgan fingerprint density at radius 3 is 2.49 bits per heavy atom. The number of ether oxygens (including phenoxy) is 1. The maximum atomic E-state index is 14.3. The van der Waals surface area contributed by atoms with Crippen molar-refractivity contribution in [3.05, 3.63) is 82.3 Å². The van der Waals surface area contributed by atoms with Gasteiger partial charge in [0.05, 0.1) is 17.5 Å². The monoisotopic (exact) mass is 645 g/mol. The van der Waals surface area contributed by atoms with Crippen LogP contribution in [0.15, 0.2) is 48.5 Å². The van der Waals surface area contributed by atoms with Crippen molar-refractivity contribution >= 4 is 35.3 Å². The Morgan fingerprint density at radius 2 is 1.84 bits per heavy atom. The Bertz CT molecular complexity index is 1600. The van der Waals surface area contributed by atoms with Gasteiger partial charge in [-0.1, -0.05) is 18.2 Å². The number of nitrogens with zero attached hydrogens (tertiary/aromatic N) is 4.